The first kappa shape index (κ1) is 15.8. The first-order valence-electron chi connectivity index (χ1n) is 6.00. The molecule has 0 saturated heterocycles. The van der Waals surface area contributed by atoms with Gasteiger partial charge < -0.3 is 4.52 Å². The molecule has 0 saturated carbocycles. The van der Waals surface area contributed by atoms with Crippen molar-refractivity contribution in [2.45, 2.75) is 6.92 Å². The topological polar surface area (TPSA) is 26.3 Å². The van der Waals surface area contributed by atoms with Gasteiger partial charge in [0.15, 0.2) is 0 Å². The second-order valence-corrected chi connectivity index (χ2v) is 9.51. The van der Waals surface area contributed by atoms with Crippen molar-refractivity contribution in [1.82, 2.24) is 0 Å². The van der Waals surface area contributed by atoms with E-state index in [-0.39, 0.29) is 0 Å². The van der Waals surface area contributed by atoms with E-state index in [4.69, 9.17) is 27.7 Å². The van der Waals surface area contributed by atoms with Gasteiger partial charge in [-0.15, -0.1) is 0 Å². The van der Waals surface area contributed by atoms with Crippen LogP contribution in [0.15, 0.2) is 48.5 Å². The molecule has 1 unspecified atom stereocenters. The van der Waals surface area contributed by atoms with E-state index in [0.29, 0.717) is 26.9 Å². The Morgan fingerprint density at radius 2 is 1.85 bits per heavy atom. The zero-order valence-corrected chi connectivity index (χ0v) is 14.0. The minimum Gasteiger partial charge on any atom is -0.431 e. The van der Waals surface area contributed by atoms with Crippen molar-refractivity contribution in [3.63, 3.8) is 0 Å². The maximum atomic E-state index is 13.1. The number of hydrogen-bond acceptors (Lipinski definition) is 3. The average Bonchev–Trinajstić information content (AvgIpc) is 2.43. The highest BCUT2D eigenvalue weighted by molar-refractivity contribution is 8.58. The highest BCUT2D eigenvalue weighted by atomic mass is 35.5. The normalized spacial score (nSPS) is 13.8. The summed E-state index contributed by atoms with van der Waals surface area (Å²) in [5.74, 6) is 1.06. The molecule has 2 nitrogen and oxygen atoms in total. The first-order valence-corrected chi connectivity index (χ1v) is 9.97. The van der Waals surface area contributed by atoms with E-state index in [1.54, 1.807) is 30.3 Å². The zero-order chi connectivity index (χ0) is 14.6. The lowest BCUT2D eigenvalue weighted by atomic mass is 10.3. The Morgan fingerprint density at radius 3 is 2.45 bits per heavy atom. The van der Waals surface area contributed by atoms with Crippen molar-refractivity contribution in [2.24, 2.45) is 0 Å². The van der Waals surface area contributed by atoms with Gasteiger partial charge in [0, 0.05) is 10.8 Å². The summed E-state index contributed by atoms with van der Waals surface area (Å²) in [5, 5.41) is 1.53. The van der Waals surface area contributed by atoms with E-state index in [9.17, 15) is 4.57 Å². The summed E-state index contributed by atoms with van der Waals surface area (Å²) in [6, 6.07) is 14.0. The summed E-state index contributed by atoms with van der Waals surface area (Å²) in [5.41, 5.74) is 0. The molecule has 0 radical (unpaired) electrons. The van der Waals surface area contributed by atoms with Crippen molar-refractivity contribution in [2.75, 3.05) is 5.75 Å². The molecule has 20 heavy (non-hydrogen) atoms. The number of benzene rings is 2. The molecule has 2 aromatic carbocycles. The van der Waals surface area contributed by atoms with Crippen LogP contribution in [0.5, 0.6) is 5.75 Å². The smallest absolute Gasteiger partial charge is 0.333 e. The van der Waals surface area contributed by atoms with Crippen LogP contribution in [0, 0.1) is 0 Å². The van der Waals surface area contributed by atoms with E-state index in [0.717, 1.165) is 0 Å². The third kappa shape index (κ3) is 3.73. The number of halogens is 2. The Hall–Kier alpha value is -0.600. The summed E-state index contributed by atoms with van der Waals surface area (Å²) in [6.45, 7) is -1.11. The van der Waals surface area contributed by atoms with Crippen LogP contribution < -0.4 is 9.83 Å². The highest BCUT2D eigenvalue weighted by Gasteiger charge is 2.28. The maximum absolute atomic E-state index is 13.1. The number of hydrogen-bond donors (Lipinski definition) is 0. The lowest BCUT2D eigenvalue weighted by Crippen LogP contribution is -2.07. The molecule has 1 atom stereocenters. The van der Waals surface area contributed by atoms with Crippen molar-refractivity contribution in [3.05, 3.63) is 58.6 Å². The quantitative estimate of drug-likeness (QED) is 0.655. The van der Waals surface area contributed by atoms with Gasteiger partial charge in [0.05, 0.1) is 10.3 Å². The fourth-order valence-corrected chi connectivity index (χ4v) is 5.95. The summed E-state index contributed by atoms with van der Waals surface area (Å²) in [4.78, 5) is 0. The summed E-state index contributed by atoms with van der Waals surface area (Å²) in [6.07, 6.45) is 0. The summed E-state index contributed by atoms with van der Waals surface area (Å²) < 4.78 is 18.8. The largest absolute Gasteiger partial charge is 0.431 e. The molecule has 106 valence electrons. The molecule has 6 heteroatoms. The molecule has 0 spiro atoms. The van der Waals surface area contributed by atoms with E-state index >= 15 is 0 Å². The van der Waals surface area contributed by atoms with Crippen LogP contribution in [0.4, 0.5) is 0 Å². The second-order valence-electron chi connectivity index (χ2n) is 3.92. The zero-order valence-electron chi connectivity index (χ0n) is 10.8. The van der Waals surface area contributed by atoms with Gasteiger partial charge in [-0.25, -0.2) is 0 Å². The predicted octanol–water partition coefficient (Wildman–Crippen LogP) is 5.64. The van der Waals surface area contributed by atoms with E-state index < -0.39 is 6.57 Å². The molecule has 0 aliphatic rings. The standard InChI is InChI=1S/C14H13Cl2O2PS/c1-2-20-19(17,12-6-4-3-5-7-12)18-14-9-8-11(15)10-13(14)16/h3-10H,2H2,1H3. The first-order chi connectivity index (χ1) is 9.55. The molecule has 0 aliphatic heterocycles. The van der Waals surface area contributed by atoms with Gasteiger partial charge in [-0.1, -0.05) is 59.7 Å². The molecule has 2 aromatic rings. The van der Waals surface area contributed by atoms with Crippen LogP contribution in [-0.2, 0) is 4.57 Å². The fourth-order valence-electron chi connectivity index (χ4n) is 1.61. The molecular weight excluding hydrogens is 334 g/mol. The van der Waals surface area contributed by atoms with Crippen LogP contribution in [0.25, 0.3) is 0 Å². The van der Waals surface area contributed by atoms with Gasteiger partial charge in [0.25, 0.3) is 0 Å². The van der Waals surface area contributed by atoms with Crippen LogP contribution in [0.2, 0.25) is 10.0 Å². The van der Waals surface area contributed by atoms with Gasteiger partial charge in [-0.3, -0.25) is 4.57 Å². The minimum atomic E-state index is -3.05. The van der Waals surface area contributed by atoms with Crippen molar-refractivity contribution < 1.29 is 9.09 Å². The van der Waals surface area contributed by atoms with Gasteiger partial charge in [-0.2, -0.15) is 0 Å². The van der Waals surface area contributed by atoms with Crippen LogP contribution in [0.3, 0.4) is 0 Å². The second kappa shape index (κ2) is 6.91. The van der Waals surface area contributed by atoms with Gasteiger partial charge in [0.2, 0.25) is 0 Å². The van der Waals surface area contributed by atoms with Gasteiger partial charge >= 0.3 is 6.57 Å². The lowest BCUT2D eigenvalue weighted by molar-refractivity contribution is 0.509. The molecule has 0 bridgehead atoms. The van der Waals surface area contributed by atoms with E-state index in [2.05, 4.69) is 0 Å². The Bertz CT molecular complexity index is 634. The Kier molecular flexibility index (Phi) is 5.45. The Morgan fingerprint density at radius 1 is 1.15 bits per heavy atom. The molecule has 0 aromatic heterocycles. The van der Waals surface area contributed by atoms with Crippen LogP contribution >= 0.6 is 41.2 Å². The molecule has 0 amide bonds. The highest BCUT2D eigenvalue weighted by Crippen LogP contribution is 2.58. The van der Waals surface area contributed by atoms with Gasteiger partial charge in [0.1, 0.15) is 5.75 Å². The molecular formula is C14H13Cl2O2PS. The van der Waals surface area contributed by atoms with Crippen molar-refractivity contribution >= 4 is 46.5 Å². The monoisotopic (exact) mass is 346 g/mol. The predicted molar refractivity (Wildman–Crippen MR) is 88.9 cm³/mol. The molecule has 0 heterocycles. The van der Waals surface area contributed by atoms with Crippen LogP contribution in [0.1, 0.15) is 6.92 Å². The maximum Gasteiger partial charge on any atom is 0.333 e. The van der Waals surface area contributed by atoms with Crippen molar-refractivity contribution in [1.29, 1.82) is 0 Å². The molecule has 0 fully saturated rings. The lowest BCUT2D eigenvalue weighted by Gasteiger charge is -2.19. The Labute approximate surface area is 132 Å². The summed E-state index contributed by atoms with van der Waals surface area (Å²) in [7, 11) is 0. The average molecular weight is 347 g/mol. The van der Waals surface area contributed by atoms with E-state index in [1.807, 2.05) is 25.1 Å². The minimum absolute atomic E-state index is 0.352. The fraction of sp³-hybridized carbons (Fsp3) is 0.143. The number of rotatable bonds is 5. The third-order valence-electron chi connectivity index (χ3n) is 2.48. The molecule has 0 N–H and O–H groups in total. The van der Waals surface area contributed by atoms with Crippen molar-refractivity contribution in [3.8, 4) is 5.75 Å². The van der Waals surface area contributed by atoms with E-state index in [1.165, 1.54) is 11.4 Å². The molecule has 0 aliphatic carbocycles. The SMILES string of the molecule is CCSP(=O)(Oc1ccc(Cl)cc1Cl)c1ccccc1. The summed E-state index contributed by atoms with van der Waals surface area (Å²) >= 11 is 13.2. The Balaban J connectivity index is 2.37. The molecule has 2 rings (SSSR count). The van der Waals surface area contributed by atoms with Gasteiger partial charge in [-0.05, 0) is 30.3 Å². The van der Waals surface area contributed by atoms with Crippen LogP contribution in [-0.4, -0.2) is 5.75 Å². The third-order valence-corrected chi connectivity index (χ3v) is 7.63.